The zero-order chi connectivity index (χ0) is 13.8. The molecule has 0 radical (unpaired) electrons. The zero-order valence-corrected chi connectivity index (χ0v) is 11.9. The smallest absolute Gasteiger partial charge is 0.240 e. The highest BCUT2D eigenvalue weighted by Gasteiger charge is 2.18. The SMILES string of the molecule is COC[C@H](C)NS(=O)(=O)c1ccc(OC)c(C)c1. The van der Waals surface area contributed by atoms with E-state index in [0.717, 1.165) is 5.56 Å². The van der Waals surface area contributed by atoms with Gasteiger partial charge in [0.2, 0.25) is 10.0 Å². The number of aryl methyl sites for hydroxylation is 1. The summed E-state index contributed by atoms with van der Waals surface area (Å²) >= 11 is 0. The maximum Gasteiger partial charge on any atom is 0.240 e. The van der Waals surface area contributed by atoms with Crippen LogP contribution in [0.15, 0.2) is 23.1 Å². The van der Waals surface area contributed by atoms with Crippen LogP contribution in [-0.4, -0.2) is 35.3 Å². The van der Waals surface area contributed by atoms with Gasteiger partial charge >= 0.3 is 0 Å². The van der Waals surface area contributed by atoms with Gasteiger partial charge in [-0.05, 0) is 37.6 Å². The molecule has 0 aliphatic heterocycles. The van der Waals surface area contributed by atoms with E-state index < -0.39 is 10.0 Å². The summed E-state index contributed by atoms with van der Waals surface area (Å²) in [5.74, 6) is 0.666. The number of rotatable bonds is 6. The number of hydrogen-bond acceptors (Lipinski definition) is 4. The summed E-state index contributed by atoms with van der Waals surface area (Å²) in [6, 6.07) is 4.47. The number of ether oxygens (including phenoxy) is 2. The first-order valence-corrected chi connectivity index (χ1v) is 7.05. The molecule has 6 heteroatoms. The maximum absolute atomic E-state index is 12.1. The summed E-state index contributed by atoms with van der Waals surface area (Å²) in [5, 5.41) is 0. The van der Waals surface area contributed by atoms with Gasteiger partial charge in [0.25, 0.3) is 0 Å². The van der Waals surface area contributed by atoms with Gasteiger partial charge in [-0.1, -0.05) is 0 Å². The van der Waals surface area contributed by atoms with Crippen LogP contribution in [0.2, 0.25) is 0 Å². The van der Waals surface area contributed by atoms with Crippen molar-refractivity contribution in [3.8, 4) is 5.75 Å². The molecule has 0 aliphatic rings. The summed E-state index contributed by atoms with van der Waals surface area (Å²) in [4.78, 5) is 0.226. The van der Waals surface area contributed by atoms with Gasteiger partial charge in [-0.25, -0.2) is 13.1 Å². The Hall–Kier alpha value is -1.11. The lowest BCUT2D eigenvalue weighted by Gasteiger charge is -2.14. The van der Waals surface area contributed by atoms with E-state index in [1.54, 1.807) is 33.1 Å². The molecule has 0 aromatic heterocycles. The van der Waals surface area contributed by atoms with Crippen LogP contribution in [-0.2, 0) is 14.8 Å². The molecule has 1 aromatic carbocycles. The summed E-state index contributed by atoms with van der Waals surface area (Å²) in [6.07, 6.45) is 0. The van der Waals surface area contributed by atoms with E-state index in [0.29, 0.717) is 12.4 Å². The molecule has 0 saturated carbocycles. The molecule has 1 atom stereocenters. The van der Waals surface area contributed by atoms with E-state index in [2.05, 4.69) is 4.72 Å². The van der Waals surface area contributed by atoms with Crippen molar-refractivity contribution >= 4 is 10.0 Å². The molecular weight excluding hydrogens is 254 g/mol. The lowest BCUT2D eigenvalue weighted by atomic mass is 10.2. The molecule has 1 rings (SSSR count). The molecule has 5 nitrogen and oxygen atoms in total. The predicted molar refractivity (Wildman–Crippen MR) is 69.4 cm³/mol. The van der Waals surface area contributed by atoms with Gasteiger partial charge in [0, 0.05) is 13.2 Å². The van der Waals surface area contributed by atoms with Gasteiger partial charge in [-0.2, -0.15) is 0 Å². The van der Waals surface area contributed by atoms with Crippen molar-refractivity contribution in [2.24, 2.45) is 0 Å². The lowest BCUT2D eigenvalue weighted by molar-refractivity contribution is 0.180. The summed E-state index contributed by atoms with van der Waals surface area (Å²) in [7, 11) is -0.434. The average Bonchev–Trinajstić information content (AvgIpc) is 2.28. The van der Waals surface area contributed by atoms with Crippen LogP contribution in [0.3, 0.4) is 0 Å². The van der Waals surface area contributed by atoms with Crippen molar-refractivity contribution in [2.45, 2.75) is 24.8 Å². The maximum atomic E-state index is 12.1. The van der Waals surface area contributed by atoms with Gasteiger partial charge < -0.3 is 9.47 Å². The Kier molecular flexibility index (Phi) is 5.13. The second-order valence-electron chi connectivity index (χ2n) is 4.11. The van der Waals surface area contributed by atoms with Gasteiger partial charge in [-0.15, -0.1) is 0 Å². The Bertz CT molecular complexity index is 499. The standard InChI is InChI=1S/C12H19NO4S/c1-9-7-11(5-6-12(9)17-4)18(14,15)13-10(2)8-16-3/h5-7,10,13H,8H2,1-4H3/t10-/m0/s1. The molecule has 0 heterocycles. The van der Waals surface area contributed by atoms with Crippen LogP contribution in [0.1, 0.15) is 12.5 Å². The van der Waals surface area contributed by atoms with Crippen molar-refractivity contribution in [1.82, 2.24) is 4.72 Å². The van der Waals surface area contributed by atoms with Crippen molar-refractivity contribution < 1.29 is 17.9 Å². The van der Waals surface area contributed by atoms with E-state index in [1.807, 2.05) is 0 Å². The highest BCUT2D eigenvalue weighted by molar-refractivity contribution is 7.89. The third-order valence-electron chi connectivity index (χ3n) is 2.45. The van der Waals surface area contributed by atoms with Gasteiger partial charge in [0.1, 0.15) is 5.75 Å². The van der Waals surface area contributed by atoms with Crippen LogP contribution in [0.4, 0.5) is 0 Å². The minimum atomic E-state index is -3.51. The van der Waals surface area contributed by atoms with E-state index in [-0.39, 0.29) is 10.9 Å². The minimum Gasteiger partial charge on any atom is -0.496 e. The summed E-state index contributed by atoms with van der Waals surface area (Å²) in [5.41, 5.74) is 0.778. The largest absolute Gasteiger partial charge is 0.496 e. The minimum absolute atomic E-state index is 0.226. The molecule has 1 aromatic rings. The van der Waals surface area contributed by atoms with Crippen LogP contribution in [0.5, 0.6) is 5.75 Å². The highest BCUT2D eigenvalue weighted by atomic mass is 32.2. The molecule has 102 valence electrons. The van der Waals surface area contributed by atoms with E-state index in [1.165, 1.54) is 13.2 Å². The first-order valence-electron chi connectivity index (χ1n) is 5.56. The van der Waals surface area contributed by atoms with Crippen molar-refractivity contribution in [2.75, 3.05) is 20.8 Å². The van der Waals surface area contributed by atoms with Crippen molar-refractivity contribution in [1.29, 1.82) is 0 Å². The van der Waals surface area contributed by atoms with E-state index in [4.69, 9.17) is 9.47 Å². The molecule has 18 heavy (non-hydrogen) atoms. The fourth-order valence-electron chi connectivity index (χ4n) is 1.63. The van der Waals surface area contributed by atoms with Crippen LogP contribution in [0, 0.1) is 6.92 Å². The topological polar surface area (TPSA) is 64.6 Å². The first kappa shape index (κ1) is 14.9. The van der Waals surface area contributed by atoms with Gasteiger partial charge in [-0.3, -0.25) is 0 Å². The number of nitrogens with one attached hydrogen (secondary N) is 1. The molecule has 0 aliphatic carbocycles. The number of hydrogen-bond donors (Lipinski definition) is 1. The molecule has 0 bridgehead atoms. The number of methoxy groups -OCH3 is 2. The van der Waals surface area contributed by atoms with Crippen molar-refractivity contribution in [3.63, 3.8) is 0 Å². The lowest BCUT2D eigenvalue weighted by Crippen LogP contribution is -2.35. The van der Waals surface area contributed by atoms with Gasteiger partial charge in [0.15, 0.2) is 0 Å². The highest BCUT2D eigenvalue weighted by Crippen LogP contribution is 2.21. The molecule has 0 unspecified atom stereocenters. The van der Waals surface area contributed by atoms with Crippen LogP contribution < -0.4 is 9.46 Å². The summed E-state index contributed by atoms with van der Waals surface area (Å²) in [6.45, 7) is 3.88. The molecule has 0 fully saturated rings. The molecule has 0 amide bonds. The first-order chi connectivity index (χ1) is 8.40. The van der Waals surface area contributed by atoms with Crippen molar-refractivity contribution in [3.05, 3.63) is 23.8 Å². The fraction of sp³-hybridized carbons (Fsp3) is 0.500. The Balaban J connectivity index is 2.95. The van der Waals surface area contributed by atoms with Crippen LogP contribution >= 0.6 is 0 Å². The number of benzene rings is 1. The Morgan fingerprint density at radius 2 is 2.00 bits per heavy atom. The molecule has 0 spiro atoms. The van der Waals surface area contributed by atoms with E-state index >= 15 is 0 Å². The van der Waals surface area contributed by atoms with E-state index in [9.17, 15) is 8.42 Å². The monoisotopic (exact) mass is 273 g/mol. The average molecular weight is 273 g/mol. The Morgan fingerprint density at radius 1 is 1.33 bits per heavy atom. The normalized spacial score (nSPS) is 13.3. The molecular formula is C12H19NO4S. The molecule has 0 saturated heterocycles. The predicted octanol–water partition coefficient (Wildman–Crippen LogP) is 1.32. The molecule has 1 N–H and O–H groups in total. The Labute approximate surface area is 108 Å². The fourth-order valence-corrected chi connectivity index (χ4v) is 2.95. The second-order valence-corrected chi connectivity index (χ2v) is 5.82. The third-order valence-corrected chi connectivity index (χ3v) is 4.04. The summed E-state index contributed by atoms with van der Waals surface area (Å²) < 4.78 is 36.7. The second kappa shape index (κ2) is 6.17. The third kappa shape index (κ3) is 3.69. The zero-order valence-electron chi connectivity index (χ0n) is 11.1. The number of sulfonamides is 1. The van der Waals surface area contributed by atoms with Crippen LogP contribution in [0.25, 0.3) is 0 Å². The Morgan fingerprint density at radius 3 is 2.50 bits per heavy atom. The quantitative estimate of drug-likeness (QED) is 0.849. The van der Waals surface area contributed by atoms with Gasteiger partial charge in [0.05, 0.1) is 18.6 Å².